The predicted molar refractivity (Wildman–Crippen MR) is 102 cm³/mol. The number of nitrogens with zero attached hydrogens (tertiary/aromatic N) is 1. The summed E-state index contributed by atoms with van der Waals surface area (Å²) in [5.74, 6) is -0.0724. The Labute approximate surface area is 164 Å². The number of rotatable bonds is 8. The van der Waals surface area contributed by atoms with Gasteiger partial charge in [-0.25, -0.2) is 4.98 Å². The molecule has 0 saturated carbocycles. The van der Waals surface area contributed by atoms with Crippen LogP contribution in [0.1, 0.15) is 22.6 Å². The highest BCUT2D eigenvalue weighted by Crippen LogP contribution is 2.22. The van der Waals surface area contributed by atoms with Crippen LogP contribution in [0.5, 0.6) is 0 Å². The number of fused-ring (bicyclic) bond motifs is 1. The molecule has 1 heterocycles. The van der Waals surface area contributed by atoms with Crippen molar-refractivity contribution in [3.8, 4) is 0 Å². The highest BCUT2D eigenvalue weighted by Gasteiger charge is 2.27. The van der Waals surface area contributed by atoms with E-state index in [9.17, 15) is 18.0 Å². The first kappa shape index (κ1) is 20.3. The van der Waals surface area contributed by atoms with Gasteiger partial charge in [0.1, 0.15) is 6.61 Å². The van der Waals surface area contributed by atoms with Crippen LogP contribution in [0.25, 0.3) is 10.2 Å². The van der Waals surface area contributed by atoms with Crippen molar-refractivity contribution in [2.24, 2.45) is 0 Å². The summed E-state index contributed by atoms with van der Waals surface area (Å²) >= 11 is 1.59. The van der Waals surface area contributed by atoms with Crippen molar-refractivity contribution >= 4 is 27.5 Å². The Morgan fingerprint density at radius 3 is 2.50 bits per heavy atom. The van der Waals surface area contributed by atoms with Crippen molar-refractivity contribution in [2.45, 2.75) is 32.2 Å². The molecule has 0 radical (unpaired) electrons. The first-order valence-corrected chi connectivity index (χ1v) is 9.54. The molecule has 0 saturated heterocycles. The lowest BCUT2D eigenvalue weighted by atomic mass is 10.1. The largest absolute Gasteiger partial charge is 0.411 e. The Balaban J connectivity index is 1.40. The van der Waals surface area contributed by atoms with Crippen LogP contribution in [0.15, 0.2) is 48.5 Å². The molecule has 4 nitrogen and oxygen atoms in total. The molecular formula is C20H19F3N2O2S. The molecule has 0 atom stereocenters. The van der Waals surface area contributed by atoms with Gasteiger partial charge in [-0.2, -0.15) is 13.2 Å². The monoisotopic (exact) mass is 408 g/mol. The van der Waals surface area contributed by atoms with E-state index in [2.05, 4.69) is 15.0 Å². The Kier molecular flexibility index (Phi) is 6.64. The Hall–Kier alpha value is -2.45. The zero-order valence-corrected chi connectivity index (χ0v) is 15.8. The van der Waals surface area contributed by atoms with Crippen molar-refractivity contribution in [2.75, 3.05) is 6.61 Å². The number of nitrogens with one attached hydrogen (secondary N) is 1. The number of aryl methyl sites for hydroxylation is 1. The van der Waals surface area contributed by atoms with E-state index < -0.39 is 12.8 Å². The third-order valence-corrected chi connectivity index (χ3v) is 5.05. The lowest BCUT2D eigenvalue weighted by molar-refractivity contribution is -0.176. The molecule has 0 bridgehead atoms. The second kappa shape index (κ2) is 9.16. The number of hydrogen-bond donors (Lipinski definition) is 1. The van der Waals surface area contributed by atoms with Gasteiger partial charge in [0.25, 0.3) is 0 Å². The standard InChI is InChI=1S/C20H19F3N2O2S/c21-20(22,23)13-27-12-15-7-5-14(6-8-15)11-24-18(26)9-10-19-25-16-3-1-2-4-17(16)28-19/h1-8H,9-13H2,(H,24,26). The fraction of sp³-hybridized carbons (Fsp3) is 0.300. The highest BCUT2D eigenvalue weighted by atomic mass is 32.1. The van der Waals surface area contributed by atoms with E-state index in [1.807, 2.05) is 24.3 Å². The van der Waals surface area contributed by atoms with Gasteiger partial charge in [-0.05, 0) is 23.3 Å². The summed E-state index contributed by atoms with van der Waals surface area (Å²) in [4.78, 5) is 16.6. The number of hydrogen-bond acceptors (Lipinski definition) is 4. The number of alkyl halides is 3. The molecule has 3 rings (SSSR count). The second-order valence-electron chi connectivity index (χ2n) is 6.28. The Morgan fingerprint density at radius 2 is 1.79 bits per heavy atom. The van der Waals surface area contributed by atoms with Gasteiger partial charge in [-0.15, -0.1) is 11.3 Å². The number of ether oxygens (including phenoxy) is 1. The van der Waals surface area contributed by atoms with Crippen LogP contribution in [0, 0.1) is 0 Å². The number of halogens is 3. The summed E-state index contributed by atoms with van der Waals surface area (Å²) in [5, 5.41) is 3.77. The van der Waals surface area contributed by atoms with Gasteiger partial charge in [0.15, 0.2) is 0 Å². The van der Waals surface area contributed by atoms with E-state index in [4.69, 9.17) is 0 Å². The smallest absolute Gasteiger partial charge is 0.367 e. The molecule has 0 fully saturated rings. The van der Waals surface area contributed by atoms with E-state index in [0.717, 1.165) is 20.8 Å². The van der Waals surface area contributed by atoms with Crippen molar-refractivity contribution in [3.63, 3.8) is 0 Å². The van der Waals surface area contributed by atoms with Crippen molar-refractivity contribution < 1.29 is 22.7 Å². The molecule has 148 valence electrons. The zero-order valence-electron chi connectivity index (χ0n) is 15.0. The van der Waals surface area contributed by atoms with Gasteiger partial charge in [-0.1, -0.05) is 36.4 Å². The van der Waals surface area contributed by atoms with Crippen LogP contribution >= 0.6 is 11.3 Å². The van der Waals surface area contributed by atoms with Crippen LogP contribution in [0.3, 0.4) is 0 Å². The fourth-order valence-electron chi connectivity index (χ4n) is 2.57. The summed E-state index contributed by atoms with van der Waals surface area (Å²) in [6, 6.07) is 14.8. The summed E-state index contributed by atoms with van der Waals surface area (Å²) in [5.41, 5.74) is 2.46. The summed E-state index contributed by atoms with van der Waals surface area (Å²) < 4.78 is 41.9. The molecule has 1 amide bonds. The minimum absolute atomic E-state index is 0.0724. The van der Waals surface area contributed by atoms with Crippen molar-refractivity contribution in [1.29, 1.82) is 0 Å². The first-order chi connectivity index (χ1) is 13.4. The molecule has 0 aliphatic rings. The molecule has 1 aromatic heterocycles. The van der Waals surface area contributed by atoms with Gasteiger partial charge < -0.3 is 10.1 Å². The minimum atomic E-state index is -4.32. The van der Waals surface area contributed by atoms with Crippen LogP contribution in [0.2, 0.25) is 0 Å². The minimum Gasteiger partial charge on any atom is -0.367 e. The molecule has 8 heteroatoms. The third kappa shape index (κ3) is 6.31. The summed E-state index contributed by atoms with van der Waals surface area (Å²) in [6.45, 7) is -1.00. The van der Waals surface area contributed by atoms with Gasteiger partial charge in [-0.3, -0.25) is 4.79 Å². The maximum Gasteiger partial charge on any atom is 0.411 e. The van der Waals surface area contributed by atoms with E-state index in [1.165, 1.54) is 0 Å². The van der Waals surface area contributed by atoms with E-state index >= 15 is 0 Å². The predicted octanol–water partition coefficient (Wildman–Crippen LogP) is 4.62. The van der Waals surface area contributed by atoms with Crippen LogP contribution in [0.4, 0.5) is 13.2 Å². The molecule has 0 spiro atoms. The van der Waals surface area contributed by atoms with E-state index in [-0.39, 0.29) is 12.5 Å². The Morgan fingerprint density at radius 1 is 1.07 bits per heavy atom. The molecule has 28 heavy (non-hydrogen) atoms. The summed E-state index contributed by atoms with van der Waals surface area (Å²) in [6.07, 6.45) is -3.39. The average Bonchev–Trinajstić information content (AvgIpc) is 3.08. The average molecular weight is 408 g/mol. The maximum absolute atomic E-state index is 12.1. The number of amides is 1. The van der Waals surface area contributed by atoms with Crippen molar-refractivity contribution in [3.05, 3.63) is 64.7 Å². The normalized spacial score (nSPS) is 11.7. The lowest BCUT2D eigenvalue weighted by Crippen LogP contribution is -2.23. The van der Waals surface area contributed by atoms with Crippen LogP contribution in [-0.2, 0) is 29.1 Å². The van der Waals surface area contributed by atoms with Crippen molar-refractivity contribution in [1.82, 2.24) is 10.3 Å². The Bertz CT molecular complexity index is 890. The zero-order chi connectivity index (χ0) is 20.0. The number of aromatic nitrogens is 1. The highest BCUT2D eigenvalue weighted by molar-refractivity contribution is 7.18. The third-order valence-electron chi connectivity index (χ3n) is 3.95. The molecule has 2 aromatic carbocycles. The maximum atomic E-state index is 12.1. The number of para-hydroxylation sites is 1. The molecule has 3 aromatic rings. The van der Waals surface area contributed by atoms with Gasteiger partial charge in [0.2, 0.25) is 5.91 Å². The number of thiazole rings is 1. The topological polar surface area (TPSA) is 51.2 Å². The quantitative estimate of drug-likeness (QED) is 0.592. The van der Waals surface area contributed by atoms with Gasteiger partial charge >= 0.3 is 6.18 Å². The van der Waals surface area contributed by atoms with E-state index in [0.29, 0.717) is 24.9 Å². The van der Waals surface area contributed by atoms with E-state index in [1.54, 1.807) is 35.6 Å². The number of benzene rings is 2. The molecule has 0 aliphatic carbocycles. The molecule has 1 N–H and O–H groups in total. The lowest BCUT2D eigenvalue weighted by Gasteiger charge is -2.09. The van der Waals surface area contributed by atoms with Crippen LogP contribution < -0.4 is 5.32 Å². The van der Waals surface area contributed by atoms with Crippen LogP contribution in [-0.4, -0.2) is 23.7 Å². The number of carbonyl (C=O) groups is 1. The first-order valence-electron chi connectivity index (χ1n) is 8.72. The molecular weight excluding hydrogens is 389 g/mol. The van der Waals surface area contributed by atoms with Gasteiger partial charge in [0.05, 0.1) is 21.8 Å². The molecule has 0 aliphatic heterocycles. The second-order valence-corrected chi connectivity index (χ2v) is 7.39. The van der Waals surface area contributed by atoms with Gasteiger partial charge in [0, 0.05) is 19.4 Å². The molecule has 0 unspecified atom stereocenters. The SMILES string of the molecule is O=C(CCc1nc2ccccc2s1)NCc1ccc(COCC(F)(F)F)cc1. The summed E-state index contributed by atoms with van der Waals surface area (Å²) in [7, 11) is 0. The fourth-order valence-corrected chi connectivity index (χ4v) is 3.54. The number of carbonyl (C=O) groups excluding carboxylic acids is 1.